The van der Waals surface area contributed by atoms with Gasteiger partial charge in [0.2, 0.25) is 0 Å². The van der Waals surface area contributed by atoms with E-state index >= 15 is 0 Å². The van der Waals surface area contributed by atoms with E-state index in [0.717, 1.165) is 0 Å². The van der Waals surface area contributed by atoms with Gasteiger partial charge in [0.05, 0.1) is 18.4 Å². The lowest BCUT2D eigenvalue weighted by molar-refractivity contribution is -0.142. The topological polar surface area (TPSA) is 97.0 Å². The number of carbonyl (C=O) groups is 1. The Morgan fingerprint density at radius 2 is 1.84 bits per heavy atom. The zero-order valence-corrected chi connectivity index (χ0v) is 13.5. The van der Waals surface area contributed by atoms with Crippen LogP contribution < -0.4 is 5.43 Å². The van der Waals surface area contributed by atoms with Crippen molar-refractivity contribution in [3.05, 3.63) is 58.3 Å². The second-order valence-corrected chi connectivity index (χ2v) is 5.45. The second-order valence-electron chi connectivity index (χ2n) is 5.45. The molecule has 2 aromatic carbocycles. The Morgan fingerprint density at radius 3 is 2.60 bits per heavy atom. The van der Waals surface area contributed by atoms with Crippen LogP contribution in [0.15, 0.2) is 51.7 Å². The number of hydrogen-bond donors (Lipinski definition) is 2. The molecule has 3 aromatic rings. The largest absolute Gasteiger partial charge is 0.504 e. The van der Waals surface area contributed by atoms with Crippen LogP contribution in [0.3, 0.4) is 0 Å². The molecule has 6 nitrogen and oxygen atoms in total. The van der Waals surface area contributed by atoms with E-state index in [1.54, 1.807) is 31.2 Å². The van der Waals surface area contributed by atoms with Gasteiger partial charge in [-0.3, -0.25) is 9.59 Å². The number of aromatic hydroxyl groups is 2. The van der Waals surface area contributed by atoms with Gasteiger partial charge in [-0.15, -0.1) is 0 Å². The average Bonchev–Trinajstić information content (AvgIpc) is 2.58. The maximum atomic E-state index is 12.3. The first-order chi connectivity index (χ1) is 12.0. The van der Waals surface area contributed by atoms with Crippen molar-refractivity contribution >= 4 is 16.9 Å². The van der Waals surface area contributed by atoms with Crippen LogP contribution in [-0.2, 0) is 16.0 Å². The average molecular weight is 340 g/mol. The van der Waals surface area contributed by atoms with Gasteiger partial charge in [0.25, 0.3) is 0 Å². The summed E-state index contributed by atoms with van der Waals surface area (Å²) in [5, 5.41) is 20.0. The predicted octanol–water partition coefficient (Wildman–Crippen LogP) is 2.98. The van der Waals surface area contributed by atoms with Crippen LogP contribution >= 0.6 is 0 Å². The molecule has 1 aromatic heterocycles. The fraction of sp³-hybridized carbons (Fsp3) is 0.158. The predicted molar refractivity (Wildman–Crippen MR) is 91.6 cm³/mol. The molecular weight excluding hydrogens is 324 g/mol. The zero-order chi connectivity index (χ0) is 18.0. The molecule has 128 valence electrons. The van der Waals surface area contributed by atoms with Crippen molar-refractivity contribution in [2.75, 3.05) is 6.61 Å². The molecule has 0 saturated heterocycles. The summed E-state index contributed by atoms with van der Waals surface area (Å²) >= 11 is 0. The van der Waals surface area contributed by atoms with Crippen LogP contribution in [-0.4, -0.2) is 22.8 Å². The van der Waals surface area contributed by atoms with Crippen LogP contribution in [0.2, 0.25) is 0 Å². The highest BCUT2D eigenvalue weighted by Gasteiger charge is 2.17. The van der Waals surface area contributed by atoms with E-state index in [4.69, 9.17) is 9.15 Å². The van der Waals surface area contributed by atoms with Crippen molar-refractivity contribution in [2.45, 2.75) is 13.3 Å². The SMILES string of the molecule is CCOC(=O)Cc1cc(O)c(O)cc1-c1cc(=O)c2ccccc2o1. The fourth-order valence-electron chi connectivity index (χ4n) is 2.60. The third-order valence-electron chi connectivity index (χ3n) is 3.74. The van der Waals surface area contributed by atoms with E-state index in [9.17, 15) is 19.8 Å². The number of hydrogen-bond acceptors (Lipinski definition) is 6. The summed E-state index contributed by atoms with van der Waals surface area (Å²) in [6.45, 7) is 1.92. The maximum absolute atomic E-state index is 12.3. The molecule has 0 fully saturated rings. The van der Waals surface area contributed by atoms with Gasteiger partial charge in [-0.25, -0.2) is 0 Å². The number of ether oxygens (including phenoxy) is 1. The van der Waals surface area contributed by atoms with Gasteiger partial charge in [-0.2, -0.15) is 0 Å². The first-order valence-electron chi connectivity index (χ1n) is 7.73. The summed E-state index contributed by atoms with van der Waals surface area (Å²) in [5.74, 6) is -1.04. The highest BCUT2D eigenvalue weighted by atomic mass is 16.5. The van der Waals surface area contributed by atoms with Gasteiger partial charge in [-0.05, 0) is 36.8 Å². The minimum atomic E-state index is -0.489. The summed E-state index contributed by atoms with van der Waals surface area (Å²) in [6, 6.07) is 10.6. The Labute approximate surface area is 142 Å². The summed E-state index contributed by atoms with van der Waals surface area (Å²) in [4.78, 5) is 24.1. The lowest BCUT2D eigenvalue weighted by Gasteiger charge is -2.11. The van der Waals surface area contributed by atoms with E-state index < -0.39 is 5.97 Å². The molecule has 25 heavy (non-hydrogen) atoms. The lowest BCUT2D eigenvalue weighted by Crippen LogP contribution is -2.09. The van der Waals surface area contributed by atoms with Crippen molar-refractivity contribution in [3.8, 4) is 22.8 Å². The molecule has 0 saturated carbocycles. The minimum Gasteiger partial charge on any atom is -0.504 e. The van der Waals surface area contributed by atoms with Crippen molar-refractivity contribution in [1.82, 2.24) is 0 Å². The number of carbonyl (C=O) groups excluding carboxylic acids is 1. The molecule has 1 heterocycles. The van der Waals surface area contributed by atoms with Gasteiger partial charge in [0.1, 0.15) is 11.3 Å². The number of phenolic OH excluding ortho intramolecular Hbond substituents is 2. The summed E-state index contributed by atoms with van der Waals surface area (Å²) < 4.78 is 10.7. The third-order valence-corrected chi connectivity index (χ3v) is 3.74. The number of phenols is 2. The molecule has 3 rings (SSSR count). The van der Waals surface area contributed by atoms with Crippen LogP contribution in [0, 0.1) is 0 Å². The van der Waals surface area contributed by atoms with Crippen LogP contribution in [0.5, 0.6) is 11.5 Å². The van der Waals surface area contributed by atoms with E-state index in [2.05, 4.69) is 0 Å². The molecule has 6 heteroatoms. The van der Waals surface area contributed by atoms with Gasteiger partial charge in [0.15, 0.2) is 16.9 Å². The van der Waals surface area contributed by atoms with Gasteiger partial charge in [0, 0.05) is 11.6 Å². The van der Waals surface area contributed by atoms with Gasteiger partial charge >= 0.3 is 5.97 Å². The Bertz CT molecular complexity index is 1000. The fourth-order valence-corrected chi connectivity index (χ4v) is 2.60. The zero-order valence-electron chi connectivity index (χ0n) is 13.5. The first-order valence-corrected chi connectivity index (χ1v) is 7.73. The third kappa shape index (κ3) is 3.33. The molecule has 0 bridgehead atoms. The van der Waals surface area contributed by atoms with E-state index in [1.165, 1.54) is 18.2 Å². The van der Waals surface area contributed by atoms with Crippen LogP contribution in [0.4, 0.5) is 0 Å². The number of esters is 1. The molecule has 0 spiro atoms. The Morgan fingerprint density at radius 1 is 1.12 bits per heavy atom. The Balaban J connectivity index is 2.17. The molecular formula is C19H16O6. The lowest BCUT2D eigenvalue weighted by atomic mass is 10.0. The Hall–Kier alpha value is -3.28. The summed E-state index contributed by atoms with van der Waals surface area (Å²) in [6.07, 6.45) is -0.131. The molecule has 0 unspecified atom stereocenters. The second kappa shape index (κ2) is 6.68. The standard InChI is InChI=1S/C19H16O6/c1-2-24-19(23)8-11-7-15(21)16(22)9-13(11)18-10-14(20)12-5-3-4-6-17(12)25-18/h3-7,9-10,21-22H,2,8H2,1H3. The highest BCUT2D eigenvalue weighted by Crippen LogP contribution is 2.35. The van der Waals surface area contributed by atoms with Gasteiger partial charge in [-0.1, -0.05) is 12.1 Å². The van der Waals surface area contributed by atoms with E-state index in [-0.39, 0.29) is 35.7 Å². The van der Waals surface area contributed by atoms with Crippen molar-refractivity contribution in [1.29, 1.82) is 0 Å². The number of fused-ring (bicyclic) bond motifs is 1. The van der Waals surface area contributed by atoms with Crippen LogP contribution in [0.1, 0.15) is 12.5 Å². The minimum absolute atomic E-state index is 0.131. The number of benzene rings is 2. The first kappa shape index (κ1) is 16.6. The Kier molecular flexibility index (Phi) is 4.43. The number of rotatable bonds is 4. The summed E-state index contributed by atoms with van der Waals surface area (Å²) in [7, 11) is 0. The quantitative estimate of drug-likeness (QED) is 0.560. The van der Waals surface area contributed by atoms with Crippen LogP contribution in [0.25, 0.3) is 22.3 Å². The normalized spacial score (nSPS) is 10.8. The molecule has 0 atom stereocenters. The van der Waals surface area contributed by atoms with E-state index in [1.807, 2.05) is 0 Å². The maximum Gasteiger partial charge on any atom is 0.310 e. The highest BCUT2D eigenvalue weighted by molar-refractivity contribution is 5.81. The monoisotopic (exact) mass is 340 g/mol. The summed E-state index contributed by atoms with van der Waals surface area (Å²) in [5.41, 5.74) is 0.865. The van der Waals surface area contributed by atoms with Crippen molar-refractivity contribution < 1.29 is 24.2 Å². The molecule has 0 radical (unpaired) electrons. The molecule has 0 aliphatic heterocycles. The number of para-hydroxylation sites is 1. The molecule has 2 N–H and O–H groups in total. The van der Waals surface area contributed by atoms with Gasteiger partial charge < -0.3 is 19.4 Å². The molecule has 0 aliphatic rings. The molecule has 0 amide bonds. The smallest absolute Gasteiger partial charge is 0.310 e. The van der Waals surface area contributed by atoms with E-state index in [0.29, 0.717) is 22.1 Å². The van der Waals surface area contributed by atoms with Crippen molar-refractivity contribution in [2.24, 2.45) is 0 Å². The van der Waals surface area contributed by atoms with Crippen molar-refractivity contribution in [3.63, 3.8) is 0 Å². The molecule has 0 aliphatic carbocycles.